The van der Waals surface area contributed by atoms with Gasteiger partial charge in [-0.3, -0.25) is 0 Å². The average molecular weight is 278 g/mol. The largest absolute Gasteiger partial charge is 0.309 e. The molecule has 0 spiro atoms. The predicted octanol–water partition coefficient (Wildman–Crippen LogP) is 3.56. The van der Waals surface area contributed by atoms with Gasteiger partial charge in [-0.25, -0.2) is 4.68 Å². The monoisotopic (exact) mass is 278 g/mol. The van der Waals surface area contributed by atoms with E-state index in [1.807, 2.05) is 6.20 Å². The molecule has 20 heavy (non-hydrogen) atoms. The molecule has 0 saturated heterocycles. The zero-order chi connectivity index (χ0) is 14.6. The molecule has 0 radical (unpaired) electrons. The lowest BCUT2D eigenvalue weighted by atomic mass is 9.70. The van der Waals surface area contributed by atoms with Gasteiger partial charge in [0.2, 0.25) is 0 Å². The molecule has 0 aliphatic heterocycles. The maximum Gasteiger partial charge on any atom is 0.0759 e. The van der Waals surface area contributed by atoms with Crippen molar-refractivity contribution in [2.24, 2.45) is 11.3 Å². The molecule has 114 valence electrons. The molecule has 1 heterocycles. The van der Waals surface area contributed by atoms with Gasteiger partial charge in [0.15, 0.2) is 0 Å². The van der Waals surface area contributed by atoms with E-state index in [-0.39, 0.29) is 0 Å². The third-order valence-corrected chi connectivity index (χ3v) is 4.68. The lowest BCUT2D eigenvalue weighted by Crippen LogP contribution is -2.34. The summed E-state index contributed by atoms with van der Waals surface area (Å²) in [5, 5.41) is 12.1. The van der Waals surface area contributed by atoms with Crippen LogP contribution in [0.4, 0.5) is 0 Å². The van der Waals surface area contributed by atoms with Crippen molar-refractivity contribution >= 4 is 0 Å². The van der Waals surface area contributed by atoms with Crippen LogP contribution in [0.15, 0.2) is 6.20 Å². The van der Waals surface area contributed by atoms with Gasteiger partial charge in [-0.1, -0.05) is 32.9 Å². The van der Waals surface area contributed by atoms with E-state index < -0.39 is 0 Å². The van der Waals surface area contributed by atoms with Crippen LogP contribution in [0.25, 0.3) is 0 Å². The SMILES string of the molecule is CCCn1nncc1C(NCC)C1CCC(C)(C)CC1. The molecule has 1 aliphatic carbocycles. The number of aryl methyl sites for hydroxylation is 1. The summed E-state index contributed by atoms with van der Waals surface area (Å²) in [6.45, 7) is 11.1. The zero-order valence-electron chi connectivity index (χ0n) is 13.5. The summed E-state index contributed by atoms with van der Waals surface area (Å²) in [5.41, 5.74) is 1.80. The van der Waals surface area contributed by atoms with Gasteiger partial charge in [-0.15, -0.1) is 5.10 Å². The quantitative estimate of drug-likeness (QED) is 0.865. The van der Waals surface area contributed by atoms with E-state index in [9.17, 15) is 0 Å². The molecule has 1 atom stereocenters. The minimum absolute atomic E-state index is 0.414. The van der Waals surface area contributed by atoms with Gasteiger partial charge in [0.25, 0.3) is 0 Å². The van der Waals surface area contributed by atoms with Crippen molar-refractivity contribution in [1.29, 1.82) is 0 Å². The van der Waals surface area contributed by atoms with Gasteiger partial charge < -0.3 is 5.32 Å². The van der Waals surface area contributed by atoms with Crippen molar-refractivity contribution < 1.29 is 0 Å². The first kappa shape index (κ1) is 15.5. The molecule has 1 aromatic rings. The lowest BCUT2D eigenvalue weighted by Gasteiger charge is -2.38. The molecule has 1 unspecified atom stereocenters. The third-order valence-electron chi connectivity index (χ3n) is 4.68. The summed E-state index contributed by atoms with van der Waals surface area (Å²) in [6.07, 6.45) is 8.34. The highest BCUT2D eigenvalue weighted by Crippen LogP contribution is 2.42. The van der Waals surface area contributed by atoms with Crippen molar-refractivity contribution in [3.05, 3.63) is 11.9 Å². The summed E-state index contributed by atoms with van der Waals surface area (Å²) in [6, 6.07) is 0.414. The van der Waals surface area contributed by atoms with Crippen LogP contribution in [0, 0.1) is 11.3 Å². The number of nitrogens with one attached hydrogen (secondary N) is 1. The number of hydrogen-bond acceptors (Lipinski definition) is 3. The second-order valence-electron chi connectivity index (χ2n) is 6.92. The maximum atomic E-state index is 4.26. The maximum absolute atomic E-state index is 4.26. The highest BCUT2D eigenvalue weighted by molar-refractivity contribution is 5.05. The van der Waals surface area contributed by atoms with Gasteiger partial charge in [0.05, 0.1) is 17.9 Å². The molecule has 1 aliphatic rings. The molecular formula is C16H30N4. The van der Waals surface area contributed by atoms with Crippen LogP contribution in [-0.4, -0.2) is 21.5 Å². The minimum Gasteiger partial charge on any atom is -0.309 e. The van der Waals surface area contributed by atoms with E-state index in [1.54, 1.807) is 0 Å². The van der Waals surface area contributed by atoms with Gasteiger partial charge in [0.1, 0.15) is 0 Å². The Hall–Kier alpha value is -0.900. The van der Waals surface area contributed by atoms with Crippen molar-refractivity contribution in [2.45, 2.75) is 72.4 Å². The Morgan fingerprint density at radius 2 is 2.05 bits per heavy atom. The van der Waals surface area contributed by atoms with E-state index in [0.717, 1.165) is 25.4 Å². The number of hydrogen-bond donors (Lipinski definition) is 1. The minimum atomic E-state index is 0.414. The van der Waals surface area contributed by atoms with Crippen LogP contribution in [0.3, 0.4) is 0 Å². The van der Waals surface area contributed by atoms with E-state index in [2.05, 4.69) is 48.0 Å². The van der Waals surface area contributed by atoms with Crippen molar-refractivity contribution in [1.82, 2.24) is 20.3 Å². The molecule has 0 amide bonds. The van der Waals surface area contributed by atoms with Crippen molar-refractivity contribution in [3.63, 3.8) is 0 Å². The molecule has 4 nitrogen and oxygen atoms in total. The predicted molar refractivity (Wildman–Crippen MR) is 82.5 cm³/mol. The molecule has 0 bridgehead atoms. The zero-order valence-corrected chi connectivity index (χ0v) is 13.5. The van der Waals surface area contributed by atoms with Gasteiger partial charge in [-0.2, -0.15) is 0 Å². The molecule has 2 rings (SSSR count). The fourth-order valence-electron chi connectivity index (χ4n) is 3.38. The van der Waals surface area contributed by atoms with E-state index in [1.165, 1.54) is 31.4 Å². The molecule has 0 aromatic carbocycles. The first-order valence-electron chi connectivity index (χ1n) is 8.19. The number of aromatic nitrogens is 3. The molecule has 4 heteroatoms. The third kappa shape index (κ3) is 3.60. The number of nitrogens with zero attached hydrogens (tertiary/aromatic N) is 3. The lowest BCUT2D eigenvalue weighted by molar-refractivity contribution is 0.158. The summed E-state index contributed by atoms with van der Waals surface area (Å²) < 4.78 is 2.09. The van der Waals surface area contributed by atoms with Crippen LogP contribution in [0.1, 0.15) is 71.5 Å². The molecule has 1 saturated carbocycles. The summed E-state index contributed by atoms with van der Waals surface area (Å²) in [7, 11) is 0. The fraction of sp³-hybridized carbons (Fsp3) is 0.875. The van der Waals surface area contributed by atoms with Gasteiger partial charge in [0, 0.05) is 6.54 Å². The number of rotatable bonds is 6. The van der Waals surface area contributed by atoms with Gasteiger partial charge in [-0.05, 0) is 50.0 Å². The van der Waals surface area contributed by atoms with Crippen molar-refractivity contribution in [3.8, 4) is 0 Å². The molecule has 1 fully saturated rings. The standard InChI is InChI=1S/C16H30N4/c1-5-11-20-14(12-18-19-20)15(17-6-2)13-7-9-16(3,4)10-8-13/h12-13,15,17H,5-11H2,1-4H3. The summed E-state index contributed by atoms with van der Waals surface area (Å²) >= 11 is 0. The Bertz CT molecular complexity index is 400. The average Bonchev–Trinajstić information content (AvgIpc) is 2.85. The van der Waals surface area contributed by atoms with Crippen LogP contribution in [-0.2, 0) is 6.54 Å². The Morgan fingerprint density at radius 3 is 2.65 bits per heavy atom. The van der Waals surface area contributed by atoms with Crippen LogP contribution >= 0.6 is 0 Å². The highest BCUT2D eigenvalue weighted by Gasteiger charge is 2.33. The Labute approximate surface area is 123 Å². The second-order valence-corrected chi connectivity index (χ2v) is 6.92. The van der Waals surface area contributed by atoms with E-state index in [0.29, 0.717) is 11.5 Å². The van der Waals surface area contributed by atoms with E-state index >= 15 is 0 Å². The molecule has 1 N–H and O–H groups in total. The Kier molecular flexibility index (Phi) is 5.19. The van der Waals surface area contributed by atoms with Crippen LogP contribution in [0.5, 0.6) is 0 Å². The van der Waals surface area contributed by atoms with Crippen LogP contribution in [0.2, 0.25) is 0 Å². The molecule has 1 aromatic heterocycles. The summed E-state index contributed by atoms with van der Waals surface area (Å²) in [5.74, 6) is 0.720. The second kappa shape index (κ2) is 6.70. The first-order chi connectivity index (χ1) is 9.57. The Morgan fingerprint density at radius 1 is 1.35 bits per heavy atom. The van der Waals surface area contributed by atoms with Gasteiger partial charge >= 0.3 is 0 Å². The normalized spacial score (nSPS) is 21.0. The van der Waals surface area contributed by atoms with Crippen LogP contribution < -0.4 is 5.32 Å². The first-order valence-corrected chi connectivity index (χ1v) is 8.19. The highest BCUT2D eigenvalue weighted by atomic mass is 15.4. The topological polar surface area (TPSA) is 42.7 Å². The van der Waals surface area contributed by atoms with E-state index in [4.69, 9.17) is 0 Å². The fourth-order valence-corrected chi connectivity index (χ4v) is 3.38. The smallest absolute Gasteiger partial charge is 0.0759 e. The molecular weight excluding hydrogens is 248 g/mol. The summed E-state index contributed by atoms with van der Waals surface area (Å²) in [4.78, 5) is 0. The Balaban J connectivity index is 2.12. The van der Waals surface area contributed by atoms with Crippen molar-refractivity contribution in [2.75, 3.05) is 6.54 Å².